The summed E-state index contributed by atoms with van der Waals surface area (Å²) in [6.07, 6.45) is 0. The third kappa shape index (κ3) is 2.68. The molecule has 2 amide bonds. The molecule has 2 atom stereocenters. The van der Waals surface area contributed by atoms with Crippen molar-refractivity contribution in [2.45, 2.75) is 11.4 Å². The van der Waals surface area contributed by atoms with Crippen molar-refractivity contribution >= 4 is 29.1 Å². The Bertz CT molecular complexity index is 763. The van der Waals surface area contributed by atoms with Gasteiger partial charge in [0.05, 0.1) is 0 Å². The number of anilines is 1. The Morgan fingerprint density at radius 1 is 1.17 bits per heavy atom. The van der Waals surface area contributed by atoms with Gasteiger partial charge in [-0.05, 0) is 30.3 Å². The second kappa shape index (κ2) is 5.81. The van der Waals surface area contributed by atoms with E-state index in [1.165, 1.54) is 6.07 Å². The number of rotatable bonds is 3. The predicted octanol–water partition coefficient (Wildman–Crippen LogP) is 1.81. The molecule has 1 aliphatic rings. The maximum atomic E-state index is 12.2. The largest absolute Gasteiger partial charge is 0.508 e. The van der Waals surface area contributed by atoms with Crippen molar-refractivity contribution in [1.82, 2.24) is 10.4 Å². The number of nitrogens with zero attached hydrogens (tertiary/aromatic N) is 1. The van der Waals surface area contributed by atoms with Crippen molar-refractivity contribution in [3.05, 3.63) is 59.7 Å². The number of β-lactam (4-membered cyclic amide) rings is 1. The van der Waals surface area contributed by atoms with Crippen LogP contribution in [0.1, 0.15) is 22.0 Å². The fourth-order valence-electron chi connectivity index (χ4n) is 2.42. The van der Waals surface area contributed by atoms with Gasteiger partial charge < -0.3 is 10.8 Å². The Balaban J connectivity index is 1.81. The Labute approximate surface area is 137 Å². The molecule has 0 saturated carbocycles. The number of phenols is 1. The molecule has 2 aromatic rings. The van der Waals surface area contributed by atoms with E-state index in [9.17, 15) is 14.7 Å². The number of hydrazine groups is 1. The quantitative estimate of drug-likeness (QED) is 0.454. The molecule has 2 aromatic carbocycles. The number of alkyl halides is 1. The molecule has 0 spiro atoms. The lowest BCUT2D eigenvalue weighted by atomic mass is 9.94. The molecule has 0 unspecified atom stereocenters. The first-order valence-corrected chi connectivity index (χ1v) is 7.34. The van der Waals surface area contributed by atoms with Gasteiger partial charge in [-0.15, -0.1) is 11.6 Å². The van der Waals surface area contributed by atoms with Gasteiger partial charge in [0, 0.05) is 16.8 Å². The zero-order chi connectivity index (χ0) is 16.6. The van der Waals surface area contributed by atoms with Gasteiger partial charge in [-0.25, -0.2) is 5.01 Å². The topological polar surface area (TPSA) is 95.7 Å². The predicted molar refractivity (Wildman–Crippen MR) is 85.7 cm³/mol. The Morgan fingerprint density at radius 2 is 1.83 bits per heavy atom. The van der Waals surface area contributed by atoms with E-state index in [0.717, 1.165) is 5.01 Å². The van der Waals surface area contributed by atoms with Crippen LogP contribution in [0.25, 0.3) is 0 Å². The van der Waals surface area contributed by atoms with Crippen molar-refractivity contribution in [2.24, 2.45) is 0 Å². The van der Waals surface area contributed by atoms with Crippen LogP contribution < -0.4 is 11.2 Å². The number of phenolic OH excluding ortho intramolecular Hbond substituents is 1. The summed E-state index contributed by atoms with van der Waals surface area (Å²) >= 11 is 6.05. The SMILES string of the molecule is Nc1ccc(C(=O)NN2C(=O)[C@H](Cl)[C@H]2c2ccccc2O)cc1. The standard InChI is InChI=1S/C16H14ClN3O3/c17-13-14(11-3-1-2-4-12(11)21)20(16(13)23)19-15(22)9-5-7-10(18)8-6-9/h1-8,13-14,21H,18H2,(H,19,22)/t13-,14-/m1/s1. The number of nitrogens with two attached hydrogens (primary N) is 1. The summed E-state index contributed by atoms with van der Waals surface area (Å²) in [6, 6.07) is 12.2. The van der Waals surface area contributed by atoms with Crippen molar-refractivity contribution < 1.29 is 14.7 Å². The van der Waals surface area contributed by atoms with Crippen molar-refractivity contribution in [2.75, 3.05) is 5.73 Å². The smallest absolute Gasteiger partial charge is 0.269 e. The number of carbonyl (C=O) groups excluding carboxylic acids is 2. The molecule has 23 heavy (non-hydrogen) atoms. The number of halogens is 1. The van der Waals surface area contributed by atoms with Gasteiger partial charge in [0.15, 0.2) is 0 Å². The van der Waals surface area contributed by atoms with Crippen LogP contribution in [-0.2, 0) is 4.79 Å². The Hall–Kier alpha value is -2.73. The lowest BCUT2D eigenvalue weighted by Gasteiger charge is -2.44. The highest BCUT2D eigenvalue weighted by Crippen LogP contribution is 2.40. The molecule has 1 fully saturated rings. The van der Waals surface area contributed by atoms with E-state index in [1.54, 1.807) is 42.5 Å². The van der Waals surface area contributed by atoms with Gasteiger partial charge in [0.2, 0.25) is 0 Å². The summed E-state index contributed by atoms with van der Waals surface area (Å²) in [4.78, 5) is 24.2. The summed E-state index contributed by atoms with van der Waals surface area (Å²) in [5.41, 5.74) is 9.47. The highest BCUT2D eigenvalue weighted by atomic mass is 35.5. The second-order valence-corrected chi connectivity index (χ2v) is 5.65. The van der Waals surface area contributed by atoms with Crippen LogP contribution in [0, 0.1) is 0 Å². The fraction of sp³-hybridized carbons (Fsp3) is 0.125. The van der Waals surface area contributed by atoms with E-state index in [-0.39, 0.29) is 5.75 Å². The van der Waals surface area contributed by atoms with Crippen molar-refractivity contribution in [3.8, 4) is 5.75 Å². The molecule has 1 heterocycles. The van der Waals surface area contributed by atoms with E-state index in [1.807, 2.05) is 0 Å². The van der Waals surface area contributed by atoms with Crippen molar-refractivity contribution in [3.63, 3.8) is 0 Å². The van der Waals surface area contributed by atoms with E-state index in [2.05, 4.69) is 5.43 Å². The number of hydrogen-bond acceptors (Lipinski definition) is 4. The molecule has 6 nitrogen and oxygen atoms in total. The van der Waals surface area contributed by atoms with Gasteiger partial charge in [-0.3, -0.25) is 15.0 Å². The number of para-hydroxylation sites is 1. The van der Waals surface area contributed by atoms with E-state index in [0.29, 0.717) is 16.8 Å². The molecule has 3 rings (SSSR count). The van der Waals surface area contributed by atoms with Gasteiger partial charge in [-0.2, -0.15) is 0 Å². The van der Waals surface area contributed by atoms with Crippen LogP contribution in [0.4, 0.5) is 5.69 Å². The second-order valence-electron chi connectivity index (χ2n) is 5.18. The van der Waals surface area contributed by atoms with Crippen molar-refractivity contribution in [1.29, 1.82) is 0 Å². The maximum Gasteiger partial charge on any atom is 0.269 e. The normalized spacial score (nSPS) is 20.0. The molecule has 118 valence electrons. The monoisotopic (exact) mass is 331 g/mol. The number of amides is 2. The fourth-order valence-corrected chi connectivity index (χ4v) is 2.77. The maximum absolute atomic E-state index is 12.2. The average molecular weight is 332 g/mol. The van der Waals surface area contributed by atoms with E-state index < -0.39 is 23.2 Å². The lowest BCUT2D eigenvalue weighted by Crippen LogP contribution is -2.63. The van der Waals surface area contributed by atoms with Gasteiger partial charge in [0.1, 0.15) is 17.2 Å². The minimum atomic E-state index is -0.838. The highest BCUT2D eigenvalue weighted by molar-refractivity contribution is 6.33. The van der Waals surface area contributed by atoms with Crippen LogP contribution in [0.3, 0.4) is 0 Å². The third-order valence-corrected chi connectivity index (χ3v) is 4.10. The van der Waals surface area contributed by atoms with Crippen LogP contribution in [0.2, 0.25) is 0 Å². The molecule has 0 bridgehead atoms. The first-order chi connectivity index (χ1) is 11.0. The summed E-state index contributed by atoms with van der Waals surface area (Å²) in [5.74, 6) is -0.867. The zero-order valence-corrected chi connectivity index (χ0v) is 12.7. The summed E-state index contributed by atoms with van der Waals surface area (Å²) in [7, 11) is 0. The molecular weight excluding hydrogens is 318 g/mol. The minimum absolute atomic E-state index is 0.0161. The average Bonchev–Trinajstić information content (AvgIpc) is 2.56. The zero-order valence-electron chi connectivity index (χ0n) is 11.9. The number of carbonyl (C=O) groups is 2. The van der Waals surface area contributed by atoms with Crippen LogP contribution in [0.15, 0.2) is 48.5 Å². The number of nitrogens with one attached hydrogen (secondary N) is 1. The number of hydrogen-bond donors (Lipinski definition) is 3. The van der Waals surface area contributed by atoms with Gasteiger partial charge in [-0.1, -0.05) is 18.2 Å². The van der Waals surface area contributed by atoms with Gasteiger partial charge in [0.25, 0.3) is 11.8 Å². The Kier molecular flexibility index (Phi) is 3.83. The molecule has 4 N–H and O–H groups in total. The third-order valence-electron chi connectivity index (χ3n) is 3.68. The van der Waals surface area contributed by atoms with E-state index in [4.69, 9.17) is 17.3 Å². The molecule has 0 aliphatic carbocycles. The minimum Gasteiger partial charge on any atom is -0.508 e. The summed E-state index contributed by atoms with van der Waals surface area (Å²) in [6.45, 7) is 0. The number of nitrogen functional groups attached to an aromatic ring is 1. The molecule has 1 aliphatic heterocycles. The highest BCUT2D eigenvalue weighted by Gasteiger charge is 2.49. The van der Waals surface area contributed by atoms with Crippen LogP contribution in [0.5, 0.6) is 5.75 Å². The molecule has 1 saturated heterocycles. The van der Waals surface area contributed by atoms with Gasteiger partial charge >= 0.3 is 0 Å². The molecule has 0 radical (unpaired) electrons. The first kappa shape index (κ1) is 15.2. The number of aromatic hydroxyl groups is 1. The lowest BCUT2D eigenvalue weighted by molar-refractivity contribution is -0.149. The molecule has 0 aromatic heterocycles. The Morgan fingerprint density at radius 3 is 2.48 bits per heavy atom. The molecule has 7 heteroatoms. The van der Waals surface area contributed by atoms with E-state index >= 15 is 0 Å². The van der Waals surface area contributed by atoms with Crippen LogP contribution in [-0.4, -0.2) is 27.3 Å². The summed E-state index contributed by atoms with van der Waals surface area (Å²) < 4.78 is 0. The van der Waals surface area contributed by atoms with Crippen LogP contribution >= 0.6 is 11.6 Å². The molecular formula is C16H14ClN3O3. The summed E-state index contributed by atoms with van der Waals surface area (Å²) in [5, 5.41) is 10.2. The number of benzene rings is 2. The first-order valence-electron chi connectivity index (χ1n) is 6.90.